The highest BCUT2D eigenvalue weighted by Gasteiger charge is 2.36. The summed E-state index contributed by atoms with van der Waals surface area (Å²) in [5.41, 5.74) is 1.33. The lowest BCUT2D eigenvalue weighted by Crippen LogP contribution is -2.32. The van der Waals surface area contributed by atoms with E-state index in [2.05, 4.69) is 4.90 Å². The van der Waals surface area contributed by atoms with Crippen molar-refractivity contribution in [1.82, 2.24) is 4.90 Å². The molecule has 0 saturated carbocycles. The second kappa shape index (κ2) is 5.89. The van der Waals surface area contributed by atoms with Crippen LogP contribution in [0, 0.1) is 6.92 Å². The topological polar surface area (TPSA) is 73.2 Å². The number of likely N-dealkylation sites (tertiary alicyclic amines) is 1. The zero-order valence-corrected chi connectivity index (χ0v) is 12.3. The van der Waals surface area contributed by atoms with Crippen LogP contribution in [0.3, 0.4) is 0 Å². The number of aliphatic hydroxyl groups excluding tert-OH is 1. The van der Waals surface area contributed by atoms with Gasteiger partial charge < -0.3 is 25.0 Å². The fourth-order valence-electron chi connectivity index (χ4n) is 3.05. The standard InChI is InChI=1S/C15H23NO4/c1-4-20-15-9(2)12(18)7-13(19)14(15)10-5-6-16(3)11(10)8-17/h7,10-11,17-19H,4-6,8H2,1-3H3/t10-,11?/m1/s1. The molecule has 20 heavy (non-hydrogen) atoms. The summed E-state index contributed by atoms with van der Waals surface area (Å²) in [5.74, 6) is 0.617. The van der Waals surface area contributed by atoms with Gasteiger partial charge in [0.15, 0.2) is 0 Å². The normalized spacial score (nSPS) is 23.2. The summed E-state index contributed by atoms with van der Waals surface area (Å²) >= 11 is 0. The zero-order valence-electron chi connectivity index (χ0n) is 12.3. The number of phenols is 2. The molecule has 3 N–H and O–H groups in total. The predicted octanol–water partition coefficient (Wildman–Crippen LogP) is 1.58. The monoisotopic (exact) mass is 281 g/mol. The van der Waals surface area contributed by atoms with E-state index in [0.29, 0.717) is 23.5 Å². The Morgan fingerprint density at radius 3 is 2.65 bits per heavy atom. The maximum atomic E-state index is 10.2. The molecule has 0 bridgehead atoms. The number of likely N-dealkylation sites (N-methyl/N-ethyl adjacent to an activating group) is 1. The molecule has 1 aromatic rings. The first-order valence-corrected chi connectivity index (χ1v) is 7.00. The van der Waals surface area contributed by atoms with Crippen molar-refractivity contribution in [3.8, 4) is 17.2 Å². The Bertz CT molecular complexity index is 489. The molecule has 0 radical (unpaired) electrons. The highest BCUT2D eigenvalue weighted by molar-refractivity contribution is 5.57. The van der Waals surface area contributed by atoms with Gasteiger partial charge in [-0.2, -0.15) is 0 Å². The van der Waals surface area contributed by atoms with E-state index in [9.17, 15) is 15.3 Å². The highest BCUT2D eigenvalue weighted by Crippen LogP contribution is 2.46. The summed E-state index contributed by atoms with van der Waals surface area (Å²) in [6, 6.07) is 1.32. The fraction of sp³-hybridized carbons (Fsp3) is 0.600. The summed E-state index contributed by atoms with van der Waals surface area (Å²) < 4.78 is 5.65. The number of ether oxygens (including phenoxy) is 1. The van der Waals surface area contributed by atoms with Crippen molar-refractivity contribution in [3.05, 3.63) is 17.2 Å². The number of hydrogen-bond donors (Lipinski definition) is 3. The van der Waals surface area contributed by atoms with Crippen molar-refractivity contribution in [1.29, 1.82) is 0 Å². The summed E-state index contributed by atoms with van der Waals surface area (Å²) in [4.78, 5) is 2.09. The van der Waals surface area contributed by atoms with Crippen LogP contribution in [-0.4, -0.2) is 53.1 Å². The number of hydrogen-bond acceptors (Lipinski definition) is 5. The predicted molar refractivity (Wildman–Crippen MR) is 76.5 cm³/mol. The lowest BCUT2D eigenvalue weighted by molar-refractivity contribution is 0.170. The van der Waals surface area contributed by atoms with E-state index in [-0.39, 0.29) is 30.1 Å². The van der Waals surface area contributed by atoms with Crippen LogP contribution < -0.4 is 4.74 Å². The summed E-state index contributed by atoms with van der Waals surface area (Å²) in [6.07, 6.45) is 0.847. The third-order valence-corrected chi connectivity index (χ3v) is 4.19. The Hall–Kier alpha value is -1.46. The van der Waals surface area contributed by atoms with E-state index < -0.39 is 0 Å². The number of benzene rings is 1. The molecule has 2 rings (SSSR count). The van der Waals surface area contributed by atoms with Crippen LogP contribution in [0.5, 0.6) is 17.2 Å². The molecule has 1 unspecified atom stereocenters. The van der Waals surface area contributed by atoms with Gasteiger partial charge in [-0.1, -0.05) is 0 Å². The van der Waals surface area contributed by atoms with E-state index in [0.717, 1.165) is 13.0 Å². The van der Waals surface area contributed by atoms with Crippen molar-refractivity contribution < 1.29 is 20.1 Å². The molecule has 1 saturated heterocycles. The maximum Gasteiger partial charge on any atom is 0.133 e. The van der Waals surface area contributed by atoms with Crippen LogP contribution in [0.1, 0.15) is 30.4 Å². The molecule has 1 aromatic carbocycles. The number of rotatable bonds is 4. The first kappa shape index (κ1) is 14.9. The van der Waals surface area contributed by atoms with Gasteiger partial charge in [-0.25, -0.2) is 0 Å². The van der Waals surface area contributed by atoms with Gasteiger partial charge in [-0.15, -0.1) is 0 Å². The van der Waals surface area contributed by atoms with E-state index in [1.54, 1.807) is 6.92 Å². The average Bonchev–Trinajstić information content (AvgIpc) is 2.77. The van der Waals surface area contributed by atoms with Crippen molar-refractivity contribution >= 4 is 0 Å². The molecular formula is C15H23NO4. The van der Waals surface area contributed by atoms with Crippen LogP contribution >= 0.6 is 0 Å². The Balaban J connectivity index is 2.52. The molecule has 2 atom stereocenters. The summed E-state index contributed by atoms with van der Waals surface area (Å²) in [5, 5.41) is 29.7. The third kappa shape index (κ3) is 2.43. The van der Waals surface area contributed by atoms with Gasteiger partial charge in [0.1, 0.15) is 17.2 Å². The molecule has 0 aromatic heterocycles. The van der Waals surface area contributed by atoms with E-state index in [1.165, 1.54) is 6.07 Å². The molecule has 0 amide bonds. The number of phenolic OH excluding ortho intramolecular Hbond substituents is 2. The quantitative estimate of drug-likeness (QED) is 0.781. The van der Waals surface area contributed by atoms with E-state index >= 15 is 0 Å². The summed E-state index contributed by atoms with van der Waals surface area (Å²) in [7, 11) is 1.96. The molecule has 5 nitrogen and oxygen atoms in total. The van der Waals surface area contributed by atoms with Crippen LogP contribution in [0.25, 0.3) is 0 Å². The molecule has 112 valence electrons. The van der Waals surface area contributed by atoms with Gasteiger partial charge in [0, 0.05) is 29.2 Å². The van der Waals surface area contributed by atoms with Crippen LogP contribution in [0.4, 0.5) is 0 Å². The minimum Gasteiger partial charge on any atom is -0.507 e. The van der Waals surface area contributed by atoms with Gasteiger partial charge in [-0.3, -0.25) is 0 Å². The lowest BCUT2D eigenvalue weighted by atomic mass is 9.89. The Labute approximate surface area is 119 Å². The molecular weight excluding hydrogens is 258 g/mol. The SMILES string of the molecule is CCOc1c(C)c(O)cc(O)c1[C@@H]1CCN(C)C1CO. The zero-order chi connectivity index (χ0) is 14.9. The third-order valence-electron chi connectivity index (χ3n) is 4.19. The lowest BCUT2D eigenvalue weighted by Gasteiger charge is -2.26. The Morgan fingerprint density at radius 2 is 2.05 bits per heavy atom. The molecule has 1 heterocycles. The molecule has 0 spiro atoms. The number of nitrogens with zero attached hydrogens (tertiary/aromatic N) is 1. The molecule has 5 heteroatoms. The molecule has 0 aliphatic carbocycles. The van der Waals surface area contributed by atoms with Crippen molar-refractivity contribution in [3.63, 3.8) is 0 Å². The van der Waals surface area contributed by atoms with Crippen LogP contribution in [-0.2, 0) is 0 Å². The van der Waals surface area contributed by atoms with E-state index in [1.807, 2.05) is 14.0 Å². The molecule has 1 aliphatic heterocycles. The fourth-order valence-corrected chi connectivity index (χ4v) is 3.05. The second-order valence-electron chi connectivity index (χ2n) is 5.34. The number of aliphatic hydroxyl groups is 1. The largest absolute Gasteiger partial charge is 0.507 e. The van der Waals surface area contributed by atoms with Crippen LogP contribution in [0.2, 0.25) is 0 Å². The van der Waals surface area contributed by atoms with Gasteiger partial charge in [-0.05, 0) is 33.9 Å². The van der Waals surface area contributed by atoms with Crippen molar-refractivity contribution in [2.45, 2.75) is 32.2 Å². The molecule has 1 aliphatic rings. The minimum atomic E-state index is -0.0379. The minimum absolute atomic E-state index is 0.00542. The van der Waals surface area contributed by atoms with Gasteiger partial charge in [0.25, 0.3) is 0 Å². The first-order chi connectivity index (χ1) is 9.51. The van der Waals surface area contributed by atoms with Gasteiger partial charge >= 0.3 is 0 Å². The molecule has 1 fully saturated rings. The number of aromatic hydroxyl groups is 2. The van der Waals surface area contributed by atoms with Crippen molar-refractivity contribution in [2.24, 2.45) is 0 Å². The summed E-state index contributed by atoms with van der Waals surface area (Å²) in [6.45, 7) is 5.00. The van der Waals surface area contributed by atoms with Crippen molar-refractivity contribution in [2.75, 3.05) is 26.8 Å². The average molecular weight is 281 g/mol. The first-order valence-electron chi connectivity index (χ1n) is 7.00. The smallest absolute Gasteiger partial charge is 0.133 e. The van der Waals surface area contributed by atoms with Gasteiger partial charge in [0.05, 0.1) is 13.2 Å². The maximum absolute atomic E-state index is 10.2. The van der Waals surface area contributed by atoms with E-state index in [4.69, 9.17) is 4.74 Å². The Kier molecular flexibility index (Phi) is 4.40. The highest BCUT2D eigenvalue weighted by atomic mass is 16.5. The van der Waals surface area contributed by atoms with Gasteiger partial charge in [0.2, 0.25) is 0 Å². The second-order valence-corrected chi connectivity index (χ2v) is 5.34. The van der Waals surface area contributed by atoms with Crippen LogP contribution in [0.15, 0.2) is 6.07 Å². The Morgan fingerprint density at radius 1 is 1.35 bits per heavy atom.